The van der Waals surface area contributed by atoms with E-state index in [1.807, 2.05) is 34.6 Å². The van der Waals surface area contributed by atoms with E-state index in [-0.39, 0.29) is 5.41 Å². The largest absolute Gasteiger partial charge is 0.427 e. The smallest absolute Gasteiger partial charge is 0.221 e. The number of nitrogens with zero attached hydrogens (tertiary/aromatic N) is 2. The van der Waals surface area contributed by atoms with Gasteiger partial charge in [0, 0.05) is 5.41 Å². The van der Waals surface area contributed by atoms with Crippen molar-refractivity contribution in [1.29, 1.82) is 0 Å². The maximum absolute atomic E-state index is 4.98. The number of aromatic nitrogens is 2. The minimum Gasteiger partial charge on any atom is -0.427 e. The van der Waals surface area contributed by atoms with Gasteiger partial charge in [0.2, 0.25) is 12.3 Å². The first-order chi connectivity index (χ1) is 6.11. The van der Waals surface area contributed by atoms with Crippen LogP contribution in [0.4, 0.5) is 0 Å². The summed E-state index contributed by atoms with van der Waals surface area (Å²) in [6, 6.07) is 0. The molecule has 78 valence electrons. The fraction of sp³-hybridized carbons (Fsp3) is 0.778. The minimum atomic E-state index is -0.0174. The predicted octanol–water partition coefficient (Wildman–Crippen LogP) is 1.97. The molecule has 0 amide bonds. The van der Waals surface area contributed by atoms with E-state index in [9.17, 15) is 0 Å². The summed E-state index contributed by atoms with van der Waals surface area (Å²) in [6.45, 7) is 10.1. The average Bonchev–Trinajstić information content (AvgIpc) is 2.63. The number of hydrogen-bond donors (Lipinski definition) is 1. The van der Waals surface area contributed by atoms with E-state index >= 15 is 0 Å². The molecule has 1 aromatic rings. The Balaban J connectivity index is 0. The van der Waals surface area contributed by atoms with E-state index in [0.29, 0.717) is 5.89 Å². The van der Waals surface area contributed by atoms with E-state index in [1.165, 1.54) is 13.4 Å². The van der Waals surface area contributed by atoms with Crippen LogP contribution in [-0.4, -0.2) is 17.2 Å². The third-order valence-corrected chi connectivity index (χ3v) is 1.00. The van der Waals surface area contributed by atoms with Crippen LogP contribution in [0.25, 0.3) is 0 Å². The summed E-state index contributed by atoms with van der Waals surface area (Å²) in [5.41, 5.74) is 4.48. The minimum absolute atomic E-state index is 0.0174. The lowest BCUT2D eigenvalue weighted by atomic mass is 9.97. The highest BCUT2D eigenvalue weighted by molar-refractivity contribution is 4.92. The molecular formula is C9H21N3O. The molecule has 1 heterocycles. The average molecular weight is 187 g/mol. The van der Waals surface area contributed by atoms with Gasteiger partial charge in [0.05, 0.1) is 0 Å². The number of hydrogen-bond acceptors (Lipinski definition) is 4. The molecule has 0 bridgehead atoms. The molecule has 0 unspecified atom stereocenters. The van der Waals surface area contributed by atoms with Crippen molar-refractivity contribution in [1.82, 2.24) is 10.2 Å². The fourth-order valence-electron chi connectivity index (χ4n) is 0.500. The van der Waals surface area contributed by atoms with Gasteiger partial charge in [-0.3, -0.25) is 0 Å². The summed E-state index contributed by atoms with van der Waals surface area (Å²) in [5, 5.41) is 7.34. The molecule has 0 atom stereocenters. The molecule has 4 nitrogen and oxygen atoms in total. The topological polar surface area (TPSA) is 64.9 Å². The van der Waals surface area contributed by atoms with Gasteiger partial charge in [-0.05, 0) is 7.05 Å². The van der Waals surface area contributed by atoms with Crippen LogP contribution in [-0.2, 0) is 5.41 Å². The first-order valence-electron chi connectivity index (χ1n) is 4.45. The third kappa shape index (κ3) is 6.28. The molecule has 13 heavy (non-hydrogen) atoms. The van der Waals surface area contributed by atoms with Gasteiger partial charge in [-0.15, -0.1) is 10.2 Å². The van der Waals surface area contributed by atoms with Crippen LogP contribution in [0.15, 0.2) is 10.8 Å². The van der Waals surface area contributed by atoms with Gasteiger partial charge in [-0.1, -0.05) is 34.6 Å². The summed E-state index contributed by atoms with van der Waals surface area (Å²) in [4.78, 5) is 0. The molecule has 1 aromatic heterocycles. The number of rotatable bonds is 0. The maximum atomic E-state index is 4.98. The molecule has 0 spiro atoms. The second-order valence-corrected chi connectivity index (χ2v) is 2.99. The first-order valence-corrected chi connectivity index (χ1v) is 4.45. The highest BCUT2D eigenvalue weighted by Crippen LogP contribution is 2.17. The highest BCUT2D eigenvalue weighted by atomic mass is 16.4. The van der Waals surface area contributed by atoms with Crippen LogP contribution in [0, 0.1) is 0 Å². The zero-order chi connectivity index (χ0) is 10.9. The second-order valence-electron chi connectivity index (χ2n) is 2.99. The number of nitrogens with two attached hydrogens (primary N) is 1. The van der Waals surface area contributed by atoms with Crippen LogP contribution in [0.5, 0.6) is 0 Å². The molecule has 2 N–H and O–H groups in total. The zero-order valence-electron chi connectivity index (χ0n) is 9.46. The standard InChI is InChI=1S/C6H10N2O.C2H6.CH5N/c1-6(2,3)5-8-7-4-9-5;2*1-2/h4H,1-3H3;1-2H3;2H2,1H3. The van der Waals surface area contributed by atoms with Crippen LogP contribution >= 0.6 is 0 Å². The summed E-state index contributed by atoms with van der Waals surface area (Å²) < 4.78 is 4.98. The Labute approximate surface area is 80.5 Å². The van der Waals surface area contributed by atoms with Gasteiger partial charge in [0.25, 0.3) is 0 Å². The van der Waals surface area contributed by atoms with Crippen molar-refractivity contribution in [2.45, 2.75) is 40.0 Å². The first kappa shape index (κ1) is 14.6. The molecule has 0 saturated heterocycles. The summed E-state index contributed by atoms with van der Waals surface area (Å²) in [7, 11) is 1.50. The van der Waals surface area contributed by atoms with Crippen molar-refractivity contribution >= 4 is 0 Å². The molecule has 4 heteroatoms. The summed E-state index contributed by atoms with van der Waals surface area (Å²) >= 11 is 0. The Morgan fingerprint density at radius 2 is 1.69 bits per heavy atom. The molecule has 0 fully saturated rings. The van der Waals surface area contributed by atoms with Crippen LogP contribution in [0.1, 0.15) is 40.5 Å². The van der Waals surface area contributed by atoms with Crippen molar-refractivity contribution < 1.29 is 4.42 Å². The Hall–Kier alpha value is -0.900. The molecule has 0 aliphatic carbocycles. The SMILES string of the molecule is CC.CC(C)(C)c1nnco1.CN. The van der Waals surface area contributed by atoms with Crippen molar-refractivity contribution in [2.24, 2.45) is 5.73 Å². The molecule has 0 aromatic carbocycles. The Bertz CT molecular complexity index is 177. The lowest BCUT2D eigenvalue weighted by Crippen LogP contribution is -2.11. The Kier molecular flexibility index (Phi) is 8.69. The lowest BCUT2D eigenvalue weighted by molar-refractivity contribution is 0.392. The van der Waals surface area contributed by atoms with Gasteiger partial charge in [-0.25, -0.2) is 0 Å². The van der Waals surface area contributed by atoms with Gasteiger partial charge in [0.1, 0.15) is 0 Å². The van der Waals surface area contributed by atoms with Gasteiger partial charge in [0.15, 0.2) is 0 Å². The van der Waals surface area contributed by atoms with Gasteiger partial charge < -0.3 is 10.2 Å². The van der Waals surface area contributed by atoms with Crippen molar-refractivity contribution in [3.8, 4) is 0 Å². The zero-order valence-corrected chi connectivity index (χ0v) is 9.46. The monoisotopic (exact) mass is 187 g/mol. The van der Waals surface area contributed by atoms with Crippen molar-refractivity contribution in [3.05, 3.63) is 12.3 Å². The third-order valence-electron chi connectivity index (χ3n) is 1.00. The maximum Gasteiger partial charge on any atom is 0.221 e. The van der Waals surface area contributed by atoms with E-state index in [4.69, 9.17) is 4.42 Å². The predicted molar refractivity (Wildman–Crippen MR) is 54.5 cm³/mol. The molecule has 0 aliphatic rings. The molecule has 0 saturated carbocycles. The Morgan fingerprint density at radius 1 is 1.23 bits per heavy atom. The normalized spacial score (nSPS) is 9.15. The molecule has 0 aliphatic heterocycles. The molecular weight excluding hydrogens is 166 g/mol. The van der Waals surface area contributed by atoms with E-state index in [0.717, 1.165) is 0 Å². The Morgan fingerprint density at radius 3 is 1.85 bits per heavy atom. The van der Waals surface area contributed by atoms with Gasteiger partial charge in [-0.2, -0.15) is 0 Å². The highest BCUT2D eigenvalue weighted by Gasteiger charge is 2.18. The van der Waals surface area contributed by atoms with Crippen LogP contribution in [0.3, 0.4) is 0 Å². The van der Waals surface area contributed by atoms with E-state index < -0.39 is 0 Å². The molecule has 1 rings (SSSR count). The molecule has 0 radical (unpaired) electrons. The van der Waals surface area contributed by atoms with Crippen LogP contribution < -0.4 is 5.73 Å². The van der Waals surface area contributed by atoms with Crippen molar-refractivity contribution in [3.63, 3.8) is 0 Å². The fourth-order valence-corrected chi connectivity index (χ4v) is 0.500. The van der Waals surface area contributed by atoms with Crippen molar-refractivity contribution in [2.75, 3.05) is 7.05 Å². The van der Waals surface area contributed by atoms with Crippen LogP contribution in [0.2, 0.25) is 0 Å². The van der Waals surface area contributed by atoms with E-state index in [2.05, 4.69) is 15.9 Å². The lowest BCUT2D eigenvalue weighted by Gasteiger charge is -2.10. The summed E-state index contributed by atoms with van der Waals surface area (Å²) in [6.07, 6.45) is 1.35. The second kappa shape index (κ2) is 7.73. The quantitative estimate of drug-likeness (QED) is 0.674. The van der Waals surface area contributed by atoms with Gasteiger partial charge >= 0.3 is 0 Å². The van der Waals surface area contributed by atoms with E-state index in [1.54, 1.807) is 0 Å². The summed E-state index contributed by atoms with van der Waals surface area (Å²) in [5.74, 6) is 0.683.